The standard InChI is InChI=1S/C24H25F3N2O5/c1-2-7-19(22(31)32)28-21(30)20(12-24(25,26)27)29-23(33)34-13-18-16-10-5-3-8-14(16)15-9-4-6-11-17(15)18/h3-6,8-11,18-20H,2,7,12-13H2,1H3,(H,28,30)(H,29,33)(H,31,32)/t19-,20?/m1/s1. The van der Waals surface area contributed by atoms with Gasteiger partial charge >= 0.3 is 18.2 Å². The zero-order chi connectivity index (χ0) is 24.9. The Morgan fingerprint density at radius 1 is 0.971 bits per heavy atom. The van der Waals surface area contributed by atoms with Crippen molar-refractivity contribution in [2.75, 3.05) is 6.61 Å². The largest absolute Gasteiger partial charge is 0.480 e. The summed E-state index contributed by atoms with van der Waals surface area (Å²) in [6.07, 6.45) is -7.22. The number of alkyl carbamates (subject to hydrolysis) is 1. The smallest absolute Gasteiger partial charge is 0.407 e. The van der Waals surface area contributed by atoms with Gasteiger partial charge in [-0.15, -0.1) is 0 Å². The fourth-order valence-corrected chi connectivity index (χ4v) is 4.04. The van der Waals surface area contributed by atoms with Crippen LogP contribution in [0.15, 0.2) is 48.5 Å². The lowest BCUT2D eigenvalue weighted by molar-refractivity contribution is -0.150. The highest BCUT2D eigenvalue weighted by Crippen LogP contribution is 2.44. The minimum absolute atomic E-state index is 0.0325. The first kappa shape index (κ1) is 25.1. The predicted molar refractivity (Wildman–Crippen MR) is 117 cm³/mol. The van der Waals surface area contributed by atoms with Crippen LogP contribution in [0.3, 0.4) is 0 Å². The third-order valence-electron chi connectivity index (χ3n) is 5.58. The normalized spacial score (nSPS) is 14.5. The van der Waals surface area contributed by atoms with Crippen molar-refractivity contribution < 1.29 is 37.4 Å². The summed E-state index contributed by atoms with van der Waals surface area (Å²) in [6, 6.07) is 11.7. The molecule has 0 fully saturated rings. The molecule has 1 aliphatic rings. The molecule has 0 bridgehead atoms. The Kier molecular flexibility index (Phi) is 7.80. The third-order valence-corrected chi connectivity index (χ3v) is 5.58. The van der Waals surface area contributed by atoms with Crippen molar-refractivity contribution in [3.8, 4) is 11.1 Å². The molecule has 0 aromatic heterocycles. The van der Waals surface area contributed by atoms with Crippen LogP contribution in [0.1, 0.15) is 43.2 Å². The molecule has 1 aliphatic carbocycles. The van der Waals surface area contributed by atoms with Crippen LogP contribution in [0.5, 0.6) is 0 Å². The third kappa shape index (κ3) is 6.06. The SMILES string of the molecule is CCC[C@@H](NC(=O)C(CC(F)(F)F)NC(=O)OCC1c2ccccc2-c2ccccc21)C(=O)O. The van der Waals surface area contributed by atoms with Crippen molar-refractivity contribution in [2.24, 2.45) is 0 Å². The predicted octanol–water partition coefficient (Wildman–Crippen LogP) is 4.22. The van der Waals surface area contributed by atoms with E-state index in [4.69, 9.17) is 9.84 Å². The van der Waals surface area contributed by atoms with Crippen LogP contribution in [0.4, 0.5) is 18.0 Å². The Balaban J connectivity index is 1.69. The van der Waals surface area contributed by atoms with Gasteiger partial charge in [-0.25, -0.2) is 9.59 Å². The first-order valence-electron chi connectivity index (χ1n) is 10.8. The van der Waals surface area contributed by atoms with Gasteiger partial charge in [-0.1, -0.05) is 61.9 Å². The topological polar surface area (TPSA) is 105 Å². The lowest BCUT2D eigenvalue weighted by Crippen LogP contribution is -2.53. The van der Waals surface area contributed by atoms with Gasteiger partial charge in [0.25, 0.3) is 0 Å². The molecule has 0 saturated heterocycles. The van der Waals surface area contributed by atoms with E-state index in [0.29, 0.717) is 6.42 Å². The van der Waals surface area contributed by atoms with E-state index in [2.05, 4.69) is 5.32 Å². The Morgan fingerprint density at radius 2 is 1.53 bits per heavy atom. The van der Waals surface area contributed by atoms with E-state index < -0.39 is 42.7 Å². The van der Waals surface area contributed by atoms with Crippen molar-refractivity contribution in [3.05, 3.63) is 59.7 Å². The fourth-order valence-electron chi connectivity index (χ4n) is 4.04. The zero-order valence-electron chi connectivity index (χ0n) is 18.4. The number of carbonyl (C=O) groups is 3. The van der Waals surface area contributed by atoms with E-state index in [9.17, 15) is 27.6 Å². The lowest BCUT2D eigenvalue weighted by Gasteiger charge is -2.22. The van der Waals surface area contributed by atoms with Crippen LogP contribution in [0.2, 0.25) is 0 Å². The van der Waals surface area contributed by atoms with Gasteiger partial charge in [0.15, 0.2) is 0 Å². The molecule has 2 aromatic rings. The number of carboxylic acids is 1. The number of aliphatic carboxylic acids is 1. The maximum Gasteiger partial charge on any atom is 0.407 e. The van der Waals surface area contributed by atoms with Gasteiger partial charge in [0.05, 0.1) is 6.42 Å². The number of alkyl halides is 3. The number of nitrogens with one attached hydrogen (secondary N) is 2. The van der Waals surface area contributed by atoms with Crippen molar-refractivity contribution in [1.29, 1.82) is 0 Å². The van der Waals surface area contributed by atoms with Crippen molar-refractivity contribution in [1.82, 2.24) is 10.6 Å². The van der Waals surface area contributed by atoms with Crippen LogP contribution < -0.4 is 10.6 Å². The molecule has 0 heterocycles. The van der Waals surface area contributed by atoms with Gasteiger partial charge in [0.1, 0.15) is 18.7 Å². The maximum atomic E-state index is 13.0. The highest BCUT2D eigenvalue weighted by Gasteiger charge is 2.38. The number of rotatable bonds is 9. The highest BCUT2D eigenvalue weighted by molar-refractivity contribution is 5.89. The van der Waals surface area contributed by atoms with E-state index in [1.165, 1.54) is 0 Å². The molecule has 2 amide bonds. The first-order chi connectivity index (χ1) is 16.1. The molecule has 0 saturated carbocycles. The number of hydrogen-bond donors (Lipinski definition) is 3. The van der Waals surface area contributed by atoms with Crippen LogP contribution in [0.25, 0.3) is 11.1 Å². The molecule has 34 heavy (non-hydrogen) atoms. The summed E-state index contributed by atoms with van der Waals surface area (Å²) in [4.78, 5) is 36.0. The second kappa shape index (κ2) is 10.6. The summed E-state index contributed by atoms with van der Waals surface area (Å²) in [5.74, 6) is -2.93. The molecule has 182 valence electrons. The molecule has 2 aromatic carbocycles. The highest BCUT2D eigenvalue weighted by atomic mass is 19.4. The maximum absolute atomic E-state index is 13.0. The molecule has 0 radical (unpaired) electrons. The van der Waals surface area contributed by atoms with Crippen LogP contribution in [-0.2, 0) is 14.3 Å². The Morgan fingerprint density at radius 3 is 2.03 bits per heavy atom. The van der Waals surface area contributed by atoms with Gasteiger partial charge in [0, 0.05) is 5.92 Å². The van der Waals surface area contributed by atoms with Crippen LogP contribution in [-0.4, -0.2) is 47.9 Å². The number of ether oxygens (including phenoxy) is 1. The number of carboxylic acid groups (broad SMARTS) is 1. The van der Waals surface area contributed by atoms with Crippen LogP contribution >= 0.6 is 0 Å². The summed E-state index contributed by atoms with van der Waals surface area (Å²) in [5, 5.41) is 13.2. The molecule has 1 unspecified atom stereocenters. The number of benzene rings is 2. The van der Waals surface area contributed by atoms with E-state index in [0.717, 1.165) is 22.3 Å². The minimum Gasteiger partial charge on any atom is -0.480 e. The molecule has 3 rings (SSSR count). The van der Waals surface area contributed by atoms with Gasteiger partial charge < -0.3 is 20.5 Å². The Labute approximate surface area is 194 Å². The summed E-state index contributed by atoms with van der Waals surface area (Å²) >= 11 is 0. The Hall–Kier alpha value is -3.56. The Bertz CT molecular complexity index is 1010. The summed E-state index contributed by atoms with van der Waals surface area (Å²) in [6.45, 7) is 1.53. The van der Waals surface area contributed by atoms with Crippen molar-refractivity contribution in [2.45, 2.75) is 50.4 Å². The van der Waals surface area contributed by atoms with E-state index >= 15 is 0 Å². The van der Waals surface area contributed by atoms with E-state index in [1.54, 1.807) is 6.92 Å². The second-order valence-electron chi connectivity index (χ2n) is 8.03. The van der Waals surface area contributed by atoms with Crippen molar-refractivity contribution >= 4 is 18.0 Å². The number of fused-ring (bicyclic) bond motifs is 3. The quantitative estimate of drug-likeness (QED) is 0.501. The van der Waals surface area contributed by atoms with E-state index in [1.807, 2.05) is 53.8 Å². The van der Waals surface area contributed by atoms with Gasteiger partial charge in [-0.3, -0.25) is 4.79 Å². The average molecular weight is 478 g/mol. The average Bonchev–Trinajstić information content (AvgIpc) is 3.09. The fraction of sp³-hybridized carbons (Fsp3) is 0.375. The van der Waals surface area contributed by atoms with E-state index in [-0.39, 0.29) is 18.9 Å². The molecule has 10 heteroatoms. The summed E-state index contributed by atoms with van der Waals surface area (Å²) in [5.41, 5.74) is 3.81. The molecule has 0 spiro atoms. The first-order valence-corrected chi connectivity index (χ1v) is 10.8. The monoisotopic (exact) mass is 478 g/mol. The number of hydrogen-bond acceptors (Lipinski definition) is 4. The second-order valence-corrected chi connectivity index (χ2v) is 8.03. The molecular weight excluding hydrogens is 453 g/mol. The summed E-state index contributed by atoms with van der Waals surface area (Å²) < 4.78 is 44.3. The number of carbonyl (C=O) groups excluding carboxylic acids is 2. The molecular formula is C24H25F3N2O5. The van der Waals surface area contributed by atoms with Gasteiger partial charge in [0.2, 0.25) is 5.91 Å². The zero-order valence-corrected chi connectivity index (χ0v) is 18.4. The van der Waals surface area contributed by atoms with Gasteiger partial charge in [-0.2, -0.15) is 13.2 Å². The molecule has 2 atom stereocenters. The molecule has 3 N–H and O–H groups in total. The van der Waals surface area contributed by atoms with Crippen LogP contribution in [0, 0.1) is 0 Å². The lowest BCUT2D eigenvalue weighted by atomic mass is 9.98. The summed E-state index contributed by atoms with van der Waals surface area (Å²) in [7, 11) is 0. The molecule has 0 aliphatic heterocycles. The minimum atomic E-state index is -4.78. The van der Waals surface area contributed by atoms with Crippen molar-refractivity contribution in [3.63, 3.8) is 0 Å². The number of halogens is 3. The number of amides is 2. The molecule has 7 nitrogen and oxygen atoms in total. The van der Waals surface area contributed by atoms with Gasteiger partial charge in [-0.05, 0) is 28.7 Å².